The summed E-state index contributed by atoms with van der Waals surface area (Å²) in [5.74, 6) is -7.88. The van der Waals surface area contributed by atoms with Gasteiger partial charge >= 0.3 is 0 Å². The summed E-state index contributed by atoms with van der Waals surface area (Å²) < 4.78 is 47.4. The first-order valence-electron chi connectivity index (χ1n) is 10.3. The number of rotatable bonds is 2. The minimum absolute atomic E-state index is 0.107. The second-order valence-corrected chi connectivity index (χ2v) is 10.0. The lowest BCUT2D eigenvalue weighted by Crippen LogP contribution is -2.71. The van der Waals surface area contributed by atoms with E-state index in [2.05, 4.69) is 0 Å². The molecular formula is C22H27F3O5. The van der Waals surface area contributed by atoms with Crippen molar-refractivity contribution in [1.82, 2.24) is 0 Å². The molecule has 3 N–H and O–H groups in total. The summed E-state index contributed by atoms with van der Waals surface area (Å²) in [6.07, 6.45) is 0.0329. The molecule has 3 saturated carbocycles. The zero-order chi connectivity index (χ0) is 22.5. The number of hydrogen-bond acceptors (Lipinski definition) is 5. The Hall–Kier alpha value is -1.51. The first-order valence-corrected chi connectivity index (χ1v) is 10.3. The van der Waals surface area contributed by atoms with E-state index in [0.29, 0.717) is 0 Å². The van der Waals surface area contributed by atoms with Crippen molar-refractivity contribution in [3.05, 3.63) is 23.8 Å². The minimum Gasteiger partial charge on any atom is -0.390 e. The predicted octanol–water partition coefficient (Wildman–Crippen LogP) is 2.14. The van der Waals surface area contributed by atoms with E-state index in [9.17, 15) is 24.9 Å². The molecule has 4 aliphatic carbocycles. The fourth-order valence-corrected chi connectivity index (χ4v) is 7.28. The largest absolute Gasteiger partial charge is 0.390 e. The van der Waals surface area contributed by atoms with Crippen molar-refractivity contribution >= 4 is 11.6 Å². The van der Waals surface area contributed by atoms with Gasteiger partial charge in [0.05, 0.1) is 11.5 Å². The van der Waals surface area contributed by atoms with Crippen molar-refractivity contribution in [3.8, 4) is 0 Å². The molecule has 0 aromatic rings. The topological polar surface area (TPSA) is 94.8 Å². The minimum atomic E-state index is -3.49. The van der Waals surface area contributed by atoms with Crippen LogP contribution in [0.15, 0.2) is 23.8 Å². The fraction of sp³-hybridized carbons (Fsp3) is 0.727. The maximum Gasteiger partial charge on any atom is 0.271 e. The number of aliphatic hydroxyl groups is 3. The molecule has 0 aromatic carbocycles. The van der Waals surface area contributed by atoms with E-state index in [1.165, 1.54) is 13.8 Å². The smallest absolute Gasteiger partial charge is 0.271 e. The van der Waals surface area contributed by atoms with E-state index in [0.717, 1.165) is 18.2 Å². The van der Waals surface area contributed by atoms with Crippen LogP contribution in [0.4, 0.5) is 13.2 Å². The van der Waals surface area contributed by atoms with Gasteiger partial charge in [0.1, 0.15) is 12.2 Å². The van der Waals surface area contributed by atoms with Crippen LogP contribution in [0.5, 0.6) is 0 Å². The molecule has 8 atom stereocenters. The lowest BCUT2D eigenvalue weighted by atomic mass is 9.44. The third kappa shape index (κ3) is 2.20. The van der Waals surface area contributed by atoms with Crippen LogP contribution in [0.1, 0.15) is 40.0 Å². The number of ketones is 2. The van der Waals surface area contributed by atoms with Gasteiger partial charge in [-0.3, -0.25) is 9.59 Å². The summed E-state index contributed by atoms with van der Waals surface area (Å²) in [6, 6.07) is 0. The Labute approximate surface area is 172 Å². The highest BCUT2D eigenvalue weighted by Crippen LogP contribution is 2.72. The van der Waals surface area contributed by atoms with Gasteiger partial charge in [-0.25, -0.2) is 13.2 Å². The molecule has 166 valence electrons. The highest BCUT2D eigenvalue weighted by atomic mass is 19.3. The van der Waals surface area contributed by atoms with Crippen LogP contribution in [0.25, 0.3) is 0 Å². The molecule has 4 aliphatic rings. The van der Waals surface area contributed by atoms with E-state index >= 15 is 13.2 Å². The SMILES string of the molecule is CC1CC2C3CC(F)(F)C4=CC(=O)C=CC4(C)C3(F)C(O)CC2(C)C1(O)C(=O)CO. The highest BCUT2D eigenvalue weighted by Gasteiger charge is 2.78. The zero-order valence-electron chi connectivity index (χ0n) is 17.2. The number of halogens is 3. The van der Waals surface area contributed by atoms with Crippen molar-refractivity contribution < 1.29 is 38.1 Å². The molecule has 5 nitrogen and oxygen atoms in total. The monoisotopic (exact) mass is 428 g/mol. The highest BCUT2D eigenvalue weighted by molar-refractivity contribution is 6.01. The van der Waals surface area contributed by atoms with E-state index in [4.69, 9.17) is 0 Å². The van der Waals surface area contributed by atoms with Crippen molar-refractivity contribution in [2.45, 2.75) is 63.3 Å². The lowest BCUT2D eigenvalue weighted by molar-refractivity contribution is -0.240. The Bertz CT molecular complexity index is 884. The molecule has 0 amide bonds. The predicted molar refractivity (Wildman–Crippen MR) is 100 cm³/mol. The van der Waals surface area contributed by atoms with Gasteiger partial charge in [0.25, 0.3) is 5.92 Å². The van der Waals surface area contributed by atoms with Crippen LogP contribution < -0.4 is 0 Å². The summed E-state index contributed by atoms with van der Waals surface area (Å²) in [7, 11) is 0. The number of hydrogen-bond donors (Lipinski definition) is 3. The molecule has 3 fully saturated rings. The summed E-state index contributed by atoms with van der Waals surface area (Å²) in [6.45, 7) is 3.44. The third-order valence-electron chi connectivity index (χ3n) is 8.80. The summed E-state index contributed by atoms with van der Waals surface area (Å²) in [4.78, 5) is 24.3. The van der Waals surface area contributed by atoms with Crippen molar-refractivity contribution in [1.29, 1.82) is 0 Å². The maximum atomic E-state index is 16.9. The molecule has 0 spiro atoms. The molecule has 0 heterocycles. The van der Waals surface area contributed by atoms with Crippen LogP contribution in [0.3, 0.4) is 0 Å². The van der Waals surface area contributed by atoms with Gasteiger partial charge in [0.15, 0.2) is 17.2 Å². The molecule has 30 heavy (non-hydrogen) atoms. The first kappa shape index (κ1) is 21.7. The molecule has 0 saturated heterocycles. The van der Waals surface area contributed by atoms with Gasteiger partial charge in [0, 0.05) is 23.3 Å². The number of Topliss-reactive ketones (excluding diaryl/α,β-unsaturated/α-hetero) is 1. The molecule has 0 aromatic heterocycles. The van der Waals surface area contributed by atoms with E-state index in [1.807, 2.05) is 0 Å². The van der Waals surface area contributed by atoms with Crippen LogP contribution in [-0.2, 0) is 9.59 Å². The first-order chi connectivity index (χ1) is 13.7. The van der Waals surface area contributed by atoms with Gasteiger partial charge in [0.2, 0.25) is 0 Å². The number of aliphatic hydroxyl groups excluding tert-OH is 2. The standard InChI is InChI=1S/C22H27F3O5/c1-11-6-13-14-8-20(23,24)15-7-12(27)4-5-18(15,2)21(14,25)16(28)9-19(13,3)22(11,30)17(29)10-26/h4-5,7,11,13-14,16,26,28,30H,6,8-10H2,1-3H3. The van der Waals surface area contributed by atoms with Crippen LogP contribution in [-0.4, -0.2) is 56.8 Å². The molecule has 0 bridgehead atoms. The number of carbonyl (C=O) groups is 2. The van der Waals surface area contributed by atoms with E-state index in [-0.39, 0.29) is 12.8 Å². The summed E-state index contributed by atoms with van der Waals surface area (Å²) in [5, 5.41) is 31.8. The van der Waals surface area contributed by atoms with Crippen molar-refractivity contribution in [2.24, 2.45) is 28.6 Å². The maximum absolute atomic E-state index is 16.9. The number of fused-ring (bicyclic) bond motifs is 5. The quantitative estimate of drug-likeness (QED) is 0.627. The Morgan fingerprint density at radius 2 is 1.83 bits per heavy atom. The Kier molecular flexibility index (Phi) is 4.37. The average Bonchev–Trinajstić information content (AvgIpc) is 2.87. The summed E-state index contributed by atoms with van der Waals surface area (Å²) >= 11 is 0. The Morgan fingerprint density at radius 1 is 1.20 bits per heavy atom. The number of alkyl halides is 3. The fourth-order valence-electron chi connectivity index (χ4n) is 7.28. The number of carbonyl (C=O) groups excluding carboxylic acids is 2. The zero-order valence-corrected chi connectivity index (χ0v) is 17.2. The Balaban J connectivity index is 1.91. The van der Waals surface area contributed by atoms with Crippen molar-refractivity contribution in [3.63, 3.8) is 0 Å². The molecule has 0 aliphatic heterocycles. The van der Waals surface area contributed by atoms with Gasteiger partial charge in [-0.1, -0.05) is 19.9 Å². The molecule has 8 unspecified atom stereocenters. The van der Waals surface area contributed by atoms with Crippen molar-refractivity contribution in [2.75, 3.05) is 6.61 Å². The molecule has 4 rings (SSSR count). The average molecular weight is 428 g/mol. The Morgan fingerprint density at radius 3 is 2.43 bits per heavy atom. The van der Waals surface area contributed by atoms with Gasteiger partial charge in [-0.05, 0) is 43.8 Å². The lowest BCUT2D eigenvalue weighted by Gasteiger charge is -2.63. The molecular weight excluding hydrogens is 401 g/mol. The second kappa shape index (κ2) is 6.04. The third-order valence-corrected chi connectivity index (χ3v) is 8.80. The summed E-state index contributed by atoms with van der Waals surface area (Å²) in [5.41, 5.74) is -8.49. The normalized spacial score (nSPS) is 51.6. The molecule has 8 heteroatoms. The second-order valence-electron chi connectivity index (χ2n) is 10.0. The van der Waals surface area contributed by atoms with E-state index in [1.54, 1.807) is 6.92 Å². The van der Waals surface area contributed by atoms with Crippen LogP contribution in [0.2, 0.25) is 0 Å². The van der Waals surface area contributed by atoms with E-state index < -0.39 is 82.0 Å². The van der Waals surface area contributed by atoms with Crippen LogP contribution in [0, 0.1) is 28.6 Å². The van der Waals surface area contributed by atoms with Gasteiger partial charge in [-0.15, -0.1) is 0 Å². The van der Waals surface area contributed by atoms with Gasteiger partial charge < -0.3 is 15.3 Å². The molecule has 0 radical (unpaired) electrons. The van der Waals surface area contributed by atoms with Gasteiger partial charge in [-0.2, -0.15) is 0 Å². The number of allylic oxidation sites excluding steroid dienone is 4. The van der Waals surface area contributed by atoms with Crippen LogP contribution >= 0.6 is 0 Å².